The molecule has 0 radical (unpaired) electrons. The van der Waals surface area contributed by atoms with E-state index in [2.05, 4.69) is 41.2 Å². The summed E-state index contributed by atoms with van der Waals surface area (Å²) in [6, 6.07) is 10.4. The lowest BCUT2D eigenvalue weighted by Gasteiger charge is -2.03. The van der Waals surface area contributed by atoms with Crippen molar-refractivity contribution in [2.24, 2.45) is 4.99 Å². The van der Waals surface area contributed by atoms with Gasteiger partial charge in [0.15, 0.2) is 4.80 Å². The summed E-state index contributed by atoms with van der Waals surface area (Å²) in [5.41, 5.74) is 3.85. The van der Waals surface area contributed by atoms with Gasteiger partial charge in [-0.3, -0.25) is 4.79 Å². The van der Waals surface area contributed by atoms with E-state index in [4.69, 9.17) is 0 Å². The van der Waals surface area contributed by atoms with Crippen molar-refractivity contribution in [1.82, 2.24) is 9.55 Å². The molecule has 4 nitrogen and oxygen atoms in total. The molecule has 3 heterocycles. The largest absolute Gasteiger partial charge is 0.319 e. The normalized spacial score (nSPS) is 11.8. The van der Waals surface area contributed by atoms with Crippen LogP contribution in [-0.4, -0.2) is 15.5 Å². The Morgan fingerprint density at radius 2 is 1.96 bits per heavy atom. The molecule has 3 aromatic heterocycles. The predicted molar refractivity (Wildman–Crippen MR) is 108 cm³/mol. The number of amides is 1. The Bertz CT molecular complexity index is 1090. The van der Waals surface area contributed by atoms with E-state index in [1.165, 1.54) is 33.8 Å². The van der Waals surface area contributed by atoms with Crippen LogP contribution in [0.3, 0.4) is 0 Å². The van der Waals surface area contributed by atoms with Gasteiger partial charge in [-0.25, -0.2) is 4.98 Å². The number of nitrogens with zero attached hydrogens (tertiary/aromatic N) is 3. The van der Waals surface area contributed by atoms with Crippen LogP contribution in [0.2, 0.25) is 0 Å². The monoisotopic (exact) mass is 397 g/mol. The number of thiophene rings is 1. The molecule has 0 saturated carbocycles. The predicted octanol–water partition coefficient (Wildman–Crippen LogP) is 4.83. The highest BCUT2D eigenvalue weighted by atomic mass is 32.1. The number of aryl methyl sites for hydroxylation is 1. The van der Waals surface area contributed by atoms with Gasteiger partial charge in [0.2, 0.25) is 0 Å². The lowest BCUT2D eigenvalue weighted by Crippen LogP contribution is -2.17. The maximum absolute atomic E-state index is 12.5. The standard InChI is InChI=1S/C19H15N3OS3/c1-13-2-4-14(5-3-13)10-22-7-9-25-19(22)21-17(23)16-12-26-18(20-16)15-6-8-24-11-15/h2-9,11-12H,10H2,1H3. The minimum atomic E-state index is -0.303. The second kappa shape index (κ2) is 7.49. The van der Waals surface area contributed by atoms with Gasteiger partial charge in [-0.15, -0.1) is 22.7 Å². The molecule has 0 aliphatic carbocycles. The Morgan fingerprint density at radius 1 is 1.12 bits per heavy atom. The van der Waals surface area contributed by atoms with Crippen LogP contribution in [-0.2, 0) is 6.54 Å². The Hall–Kier alpha value is -2.35. The maximum Gasteiger partial charge on any atom is 0.299 e. The van der Waals surface area contributed by atoms with Gasteiger partial charge in [0.1, 0.15) is 10.7 Å². The number of aromatic nitrogens is 2. The first-order valence-corrected chi connectivity index (χ1v) is 10.7. The zero-order valence-corrected chi connectivity index (χ0v) is 16.4. The molecule has 0 spiro atoms. The van der Waals surface area contributed by atoms with Gasteiger partial charge in [-0.05, 0) is 23.9 Å². The number of rotatable bonds is 4. The first-order chi connectivity index (χ1) is 12.7. The molecule has 4 aromatic rings. The topological polar surface area (TPSA) is 47.2 Å². The second-order valence-corrected chi connectivity index (χ2v) is 8.28. The molecule has 4 rings (SSSR count). The van der Waals surface area contributed by atoms with Crippen LogP contribution in [0, 0.1) is 6.92 Å². The molecule has 26 heavy (non-hydrogen) atoms. The molecule has 130 valence electrons. The molecule has 0 aliphatic rings. The molecule has 1 aromatic carbocycles. The molecule has 0 atom stereocenters. The smallest absolute Gasteiger partial charge is 0.299 e. The van der Waals surface area contributed by atoms with Crippen molar-refractivity contribution in [2.75, 3.05) is 0 Å². The van der Waals surface area contributed by atoms with Crippen molar-refractivity contribution in [3.05, 3.63) is 79.7 Å². The van der Waals surface area contributed by atoms with Crippen molar-refractivity contribution < 1.29 is 4.79 Å². The van der Waals surface area contributed by atoms with Crippen LogP contribution in [0.5, 0.6) is 0 Å². The Kier molecular flexibility index (Phi) is 4.92. The van der Waals surface area contributed by atoms with Gasteiger partial charge in [-0.1, -0.05) is 29.8 Å². The summed E-state index contributed by atoms with van der Waals surface area (Å²) in [6.07, 6.45) is 1.95. The fourth-order valence-electron chi connectivity index (χ4n) is 2.43. The maximum atomic E-state index is 12.5. The van der Waals surface area contributed by atoms with E-state index in [0.29, 0.717) is 17.0 Å². The Balaban J connectivity index is 1.58. The van der Waals surface area contributed by atoms with Gasteiger partial charge in [-0.2, -0.15) is 16.3 Å². The van der Waals surface area contributed by atoms with Crippen molar-refractivity contribution in [2.45, 2.75) is 13.5 Å². The van der Waals surface area contributed by atoms with Crippen LogP contribution in [0.1, 0.15) is 21.6 Å². The number of carbonyl (C=O) groups excluding carboxylic acids is 1. The van der Waals surface area contributed by atoms with E-state index < -0.39 is 0 Å². The molecule has 1 amide bonds. The first-order valence-electron chi connectivity index (χ1n) is 7.96. The third-order valence-electron chi connectivity index (χ3n) is 3.82. The van der Waals surface area contributed by atoms with E-state index in [0.717, 1.165) is 10.6 Å². The van der Waals surface area contributed by atoms with E-state index in [9.17, 15) is 4.79 Å². The van der Waals surface area contributed by atoms with Gasteiger partial charge >= 0.3 is 0 Å². The van der Waals surface area contributed by atoms with Crippen LogP contribution < -0.4 is 4.80 Å². The molecular formula is C19H15N3OS3. The third kappa shape index (κ3) is 3.75. The highest BCUT2D eigenvalue weighted by Gasteiger charge is 2.12. The first kappa shape index (κ1) is 17.1. The minimum absolute atomic E-state index is 0.303. The highest BCUT2D eigenvalue weighted by Crippen LogP contribution is 2.25. The highest BCUT2D eigenvalue weighted by molar-refractivity contribution is 7.14. The van der Waals surface area contributed by atoms with E-state index >= 15 is 0 Å². The summed E-state index contributed by atoms with van der Waals surface area (Å²) in [6.45, 7) is 2.76. The summed E-state index contributed by atoms with van der Waals surface area (Å²) in [5, 5.41) is 8.60. The summed E-state index contributed by atoms with van der Waals surface area (Å²) < 4.78 is 1.99. The average Bonchev–Trinajstić information content (AvgIpc) is 3.38. The molecule has 0 unspecified atom stereocenters. The molecule has 0 N–H and O–H groups in total. The van der Waals surface area contributed by atoms with Crippen LogP contribution in [0.15, 0.2) is 63.0 Å². The van der Waals surface area contributed by atoms with Gasteiger partial charge in [0.05, 0.1) is 0 Å². The SMILES string of the molecule is Cc1ccc(Cn2ccsc2=NC(=O)c2csc(-c3ccsc3)n2)cc1. The van der Waals surface area contributed by atoms with Gasteiger partial charge in [0, 0.05) is 34.4 Å². The average molecular weight is 398 g/mol. The number of hydrogen-bond donors (Lipinski definition) is 0. The van der Waals surface area contributed by atoms with E-state index in [-0.39, 0.29) is 5.91 Å². The fraction of sp³-hybridized carbons (Fsp3) is 0.105. The van der Waals surface area contributed by atoms with Crippen LogP contribution in [0.25, 0.3) is 10.6 Å². The van der Waals surface area contributed by atoms with Gasteiger partial charge < -0.3 is 4.57 Å². The number of hydrogen-bond acceptors (Lipinski definition) is 5. The summed E-state index contributed by atoms with van der Waals surface area (Å²) in [7, 11) is 0. The molecular weight excluding hydrogens is 382 g/mol. The van der Waals surface area contributed by atoms with Crippen LogP contribution >= 0.6 is 34.0 Å². The number of benzene rings is 1. The summed E-state index contributed by atoms with van der Waals surface area (Å²) in [5.74, 6) is -0.303. The summed E-state index contributed by atoms with van der Waals surface area (Å²) in [4.78, 5) is 21.9. The minimum Gasteiger partial charge on any atom is -0.319 e. The molecule has 7 heteroatoms. The van der Waals surface area contributed by atoms with Crippen molar-refractivity contribution in [3.8, 4) is 10.6 Å². The van der Waals surface area contributed by atoms with E-state index in [1.807, 2.05) is 33.0 Å². The fourth-order valence-corrected chi connectivity index (χ4v) is 4.66. The van der Waals surface area contributed by atoms with E-state index in [1.54, 1.807) is 16.7 Å². The molecule has 0 saturated heterocycles. The zero-order chi connectivity index (χ0) is 17.9. The molecule has 0 aliphatic heterocycles. The van der Waals surface area contributed by atoms with Crippen molar-refractivity contribution in [1.29, 1.82) is 0 Å². The lowest BCUT2D eigenvalue weighted by molar-refractivity contribution is 0.0994. The third-order valence-corrected chi connectivity index (χ3v) is 6.19. The van der Waals surface area contributed by atoms with Crippen LogP contribution in [0.4, 0.5) is 0 Å². The number of thiazole rings is 2. The van der Waals surface area contributed by atoms with Gasteiger partial charge in [0.25, 0.3) is 5.91 Å². The Labute approximate surface area is 162 Å². The lowest BCUT2D eigenvalue weighted by atomic mass is 10.1. The number of carbonyl (C=O) groups is 1. The zero-order valence-electron chi connectivity index (χ0n) is 14.0. The molecule has 0 bridgehead atoms. The second-order valence-electron chi connectivity index (χ2n) is 5.77. The Morgan fingerprint density at radius 3 is 2.73 bits per heavy atom. The van der Waals surface area contributed by atoms with Crippen molar-refractivity contribution >= 4 is 39.9 Å². The quantitative estimate of drug-likeness (QED) is 0.495. The molecule has 0 fully saturated rings. The van der Waals surface area contributed by atoms with Crippen molar-refractivity contribution in [3.63, 3.8) is 0 Å². The summed E-state index contributed by atoms with van der Waals surface area (Å²) >= 11 is 4.54.